The Balaban J connectivity index is 1.54. The van der Waals surface area contributed by atoms with Gasteiger partial charge in [0.2, 0.25) is 0 Å². The van der Waals surface area contributed by atoms with Crippen LogP contribution in [0.1, 0.15) is 12.0 Å². The summed E-state index contributed by atoms with van der Waals surface area (Å²) < 4.78 is 0. The highest BCUT2D eigenvalue weighted by Gasteiger charge is 2.29. The lowest BCUT2D eigenvalue weighted by molar-refractivity contribution is 0.612. The molecule has 0 radical (unpaired) electrons. The van der Waals surface area contributed by atoms with Gasteiger partial charge in [0.15, 0.2) is 0 Å². The lowest BCUT2D eigenvalue weighted by atomic mass is 9.98. The zero-order valence-corrected chi connectivity index (χ0v) is 13.8. The number of benzene rings is 3. The molecule has 0 aliphatic carbocycles. The average molecular weight is 314 g/mol. The minimum absolute atomic E-state index is 0.682. The van der Waals surface area contributed by atoms with E-state index in [0.717, 1.165) is 19.6 Å². The number of nitrogens with one attached hydrogen (secondary N) is 1. The molecule has 0 saturated carbocycles. The van der Waals surface area contributed by atoms with Crippen molar-refractivity contribution < 1.29 is 0 Å². The predicted octanol–water partition coefficient (Wildman–Crippen LogP) is 4.23. The van der Waals surface area contributed by atoms with E-state index in [1.807, 2.05) is 0 Å². The predicted molar refractivity (Wildman–Crippen MR) is 102 cm³/mol. The van der Waals surface area contributed by atoms with E-state index < -0.39 is 0 Å². The van der Waals surface area contributed by atoms with Crippen molar-refractivity contribution in [2.45, 2.75) is 18.9 Å². The number of fused-ring (bicyclic) bond motifs is 4. The van der Waals surface area contributed by atoms with Gasteiger partial charge in [-0.1, -0.05) is 42.5 Å². The summed E-state index contributed by atoms with van der Waals surface area (Å²) in [4.78, 5) is 2.61. The molecule has 0 spiro atoms. The topological polar surface area (TPSA) is 15.3 Å². The van der Waals surface area contributed by atoms with Crippen LogP contribution in [0.15, 0.2) is 60.7 Å². The maximum absolute atomic E-state index is 3.52. The van der Waals surface area contributed by atoms with E-state index in [1.165, 1.54) is 46.0 Å². The van der Waals surface area contributed by atoms with E-state index in [4.69, 9.17) is 0 Å². The molecule has 2 aliphatic rings. The molecule has 120 valence electrons. The van der Waals surface area contributed by atoms with Gasteiger partial charge in [-0.3, -0.25) is 0 Å². The van der Waals surface area contributed by atoms with E-state index in [-0.39, 0.29) is 0 Å². The molecule has 0 amide bonds. The van der Waals surface area contributed by atoms with Gasteiger partial charge < -0.3 is 10.2 Å². The summed E-state index contributed by atoms with van der Waals surface area (Å²) >= 11 is 0. The normalized spacial score (nSPS) is 19.8. The van der Waals surface area contributed by atoms with E-state index in [9.17, 15) is 0 Å². The summed E-state index contributed by atoms with van der Waals surface area (Å²) in [6, 6.07) is 23.1. The first kappa shape index (κ1) is 14.1. The molecule has 1 unspecified atom stereocenters. The van der Waals surface area contributed by atoms with Crippen molar-refractivity contribution >= 4 is 16.5 Å². The van der Waals surface area contributed by atoms with Gasteiger partial charge in [0.25, 0.3) is 0 Å². The van der Waals surface area contributed by atoms with Crippen LogP contribution in [0.5, 0.6) is 0 Å². The Labute approximate surface area is 143 Å². The Kier molecular flexibility index (Phi) is 3.30. The Morgan fingerprint density at radius 3 is 2.62 bits per heavy atom. The van der Waals surface area contributed by atoms with Crippen molar-refractivity contribution in [3.8, 4) is 11.1 Å². The summed E-state index contributed by atoms with van der Waals surface area (Å²) in [5.41, 5.74) is 5.64. The zero-order valence-electron chi connectivity index (χ0n) is 13.8. The largest absolute Gasteiger partial charge is 0.367 e. The van der Waals surface area contributed by atoms with Crippen molar-refractivity contribution in [2.24, 2.45) is 0 Å². The van der Waals surface area contributed by atoms with Crippen LogP contribution in [0.3, 0.4) is 0 Å². The van der Waals surface area contributed by atoms with Gasteiger partial charge in [-0.15, -0.1) is 0 Å². The molecule has 1 saturated heterocycles. The second kappa shape index (κ2) is 5.64. The molecule has 2 nitrogen and oxygen atoms in total. The van der Waals surface area contributed by atoms with Gasteiger partial charge in [0.1, 0.15) is 0 Å². The van der Waals surface area contributed by atoms with Crippen molar-refractivity contribution in [1.29, 1.82) is 0 Å². The minimum Gasteiger partial charge on any atom is -0.367 e. The quantitative estimate of drug-likeness (QED) is 0.723. The molecule has 5 rings (SSSR count). The molecular formula is C22H22N2. The standard InChI is InChI=1S/C22H22N2/c1-2-4-17-13-18(6-5-16(17)3-1)19-7-8-22-20(14-19)15-21-9-10-23-11-12-24(21)22/h1-8,13-14,21,23H,9-12,15H2. The molecule has 2 heteroatoms. The summed E-state index contributed by atoms with van der Waals surface area (Å²) in [5.74, 6) is 0. The van der Waals surface area contributed by atoms with Gasteiger partial charge >= 0.3 is 0 Å². The first-order valence-electron chi connectivity index (χ1n) is 8.98. The highest BCUT2D eigenvalue weighted by atomic mass is 15.2. The maximum Gasteiger partial charge on any atom is 0.0403 e. The van der Waals surface area contributed by atoms with Crippen molar-refractivity contribution in [3.05, 3.63) is 66.2 Å². The first-order chi connectivity index (χ1) is 11.9. The summed E-state index contributed by atoms with van der Waals surface area (Å²) in [6.45, 7) is 3.38. The highest BCUT2D eigenvalue weighted by Crippen LogP contribution is 2.37. The first-order valence-corrected chi connectivity index (χ1v) is 8.98. The molecule has 3 aromatic carbocycles. The molecule has 1 N–H and O–H groups in total. The van der Waals surface area contributed by atoms with Gasteiger partial charge in [0, 0.05) is 24.8 Å². The van der Waals surface area contributed by atoms with Gasteiger partial charge in [-0.05, 0) is 65.0 Å². The molecule has 2 heterocycles. The maximum atomic E-state index is 3.52. The van der Waals surface area contributed by atoms with Crippen LogP contribution in [-0.2, 0) is 6.42 Å². The summed E-state index contributed by atoms with van der Waals surface area (Å²) in [7, 11) is 0. The fourth-order valence-corrected chi connectivity index (χ4v) is 4.29. The Morgan fingerprint density at radius 2 is 1.67 bits per heavy atom. The van der Waals surface area contributed by atoms with Gasteiger partial charge in [-0.25, -0.2) is 0 Å². The van der Waals surface area contributed by atoms with Crippen LogP contribution in [-0.4, -0.2) is 25.7 Å². The summed E-state index contributed by atoms with van der Waals surface area (Å²) in [5, 5.41) is 6.14. The second-order valence-corrected chi connectivity index (χ2v) is 7.00. The number of hydrogen-bond donors (Lipinski definition) is 1. The molecule has 3 aromatic rings. The molecule has 0 aromatic heterocycles. The van der Waals surface area contributed by atoms with Gasteiger partial charge in [0.05, 0.1) is 0 Å². The third kappa shape index (κ3) is 2.30. The van der Waals surface area contributed by atoms with E-state index in [2.05, 4.69) is 70.9 Å². The van der Waals surface area contributed by atoms with Crippen LogP contribution in [0.2, 0.25) is 0 Å². The van der Waals surface area contributed by atoms with Crippen molar-refractivity contribution in [3.63, 3.8) is 0 Å². The molecule has 2 aliphatic heterocycles. The Bertz CT molecular complexity index is 899. The number of anilines is 1. The van der Waals surface area contributed by atoms with Crippen molar-refractivity contribution in [1.82, 2.24) is 5.32 Å². The van der Waals surface area contributed by atoms with E-state index in [1.54, 1.807) is 0 Å². The van der Waals surface area contributed by atoms with Crippen LogP contribution >= 0.6 is 0 Å². The summed E-state index contributed by atoms with van der Waals surface area (Å²) in [6.07, 6.45) is 2.44. The number of nitrogens with zero attached hydrogens (tertiary/aromatic N) is 1. The van der Waals surface area contributed by atoms with Crippen LogP contribution in [0.25, 0.3) is 21.9 Å². The second-order valence-electron chi connectivity index (χ2n) is 7.00. The molecular weight excluding hydrogens is 292 g/mol. The average Bonchev–Trinajstić information content (AvgIpc) is 2.81. The molecule has 1 fully saturated rings. The smallest absolute Gasteiger partial charge is 0.0403 e. The third-order valence-corrected chi connectivity index (χ3v) is 5.55. The Morgan fingerprint density at radius 1 is 0.833 bits per heavy atom. The monoisotopic (exact) mass is 314 g/mol. The molecule has 1 atom stereocenters. The van der Waals surface area contributed by atoms with Crippen molar-refractivity contribution in [2.75, 3.05) is 24.5 Å². The van der Waals surface area contributed by atoms with Crippen LogP contribution < -0.4 is 10.2 Å². The van der Waals surface area contributed by atoms with Crippen LogP contribution in [0, 0.1) is 0 Å². The Hall–Kier alpha value is -2.32. The zero-order chi connectivity index (χ0) is 15.9. The lowest BCUT2D eigenvalue weighted by Gasteiger charge is -2.24. The lowest BCUT2D eigenvalue weighted by Crippen LogP contribution is -2.32. The fourth-order valence-electron chi connectivity index (χ4n) is 4.29. The number of hydrogen-bond acceptors (Lipinski definition) is 2. The van der Waals surface area contributed by atoms with Gasteiger partial charge in [-0.2, -0.15) is 0 Å². The fraction of sp³-hybridized carbons (Fsp3) is 0.273. The molecule has 0 bridgehead atoms. The van der Waals surface area contributed by atoms with E-state index in [0.29, 0.717) is 6.04 Å². The highest BCUT2D eigenvalue weighted by molar-refractivity contribution is 5.87. The minimum atomic E-state index is 0.682. The van der Waals surface area contributed by atoms with Crippen LogP contribution in [0.4, 0.5) is 5.69 Å². The number of rotatable bonds is 1. The molecule has 24 heavy (non-hydrogen) atoms. The SMILES string of the molecule is c1ccc2cc(-c3ccc4c(c3)CC3CCNCCN43)ccc2c1. The van der Waals surface area contributed by atoms with E-state index >= 15 is 0 Å². The third-order valence-electron chi connectivity index (χ3n) is 5.55.